The number of aromatic nitrogens is 2. The predicted molar refractivity (Wildman–Crippen MR) is 95.3 cm³/mol. The first-order valence-corrected chi connectivity index (χ1v) is 8.73. The third kappa shape index (κ3) is 3.90. The number of nitrogens with one attached hydrogen (secondary N) is 1. The van der Waals surface area contributed by atoms with Crippen molar-refractivity contribution in [2.45, 2.75) is 59.7 Å². The number of rotatable bonds is 4. The smallest absolute Gasteiger partial charge is 0.400 e. The van der Waals surface area contributed by atoms with Gasteiger partial charge in [-0.1, -0.05) is 17.8 Å². The van der Waals surface area contributed by atoms with Crippen molar-refractivity contribution in [3.63, 3.8) is 0 Å². The van der Waals surface area contributed by atoms with Gasteiger partial charge < -0.3 is 9.31 Å². The average Bonchev–Trinajstić information content (AvgIpc) is 2.83. The Hall–Kier alpha value is -1.05. The van der Waals surface area contributed by atoms with Crippen LogP contribution in [0.5, 0.6) is 0 Å². The quantitative estimate of drug-likeness (QED) is 0.855. The molecule has 0 saturated carbocycles. The minimum atomic E-state index is -0.458. The van der Waals surface area contributed by atoms with Crippen molar-refractivity contribution in [1.82, 2.24) is 10.2 Å². The highest BCUT2D eigenvalue weighted by atomic mass is 32.2. The molecule has 0 amide bonds. The van der Waals surface area contributed by atoms with Gasteiger partial charge in [-0.05, 0) is 47.0 Å². The number of carbonyl (C=O) groups is 1. The molecule has 2 heterocycles. The molecule has 2 rings (SSSR count). The number of aryl methyl sites for hydroxylation is 2. The Morgan fingerprint density at radius 1 is 1.26 bits per heavy atom. The molecule has 0 unspecified atom stereocenters. The Labute approximate surface area is 142 Å². The largest absolute Gasteiger partial charge is 0.491 e. The zero-order valence-electron chi connectivity index (χ0n) is 14.9. The standard InChI is InChI=1S/C16H25BN2O3S/c1-10-14(11(2)19-18-10)8-13(9-23-12(3)20)17-21-15(4,5)16(6,7)22-17/h8H,9H2,1-7H3,(H,18,19). The zero-order valence-corrected chi connectivity index (χ0v) is 15.8. The van der Waals surface area contributed by atoms with E-state index in [1.165, 1.54) is 11.8 Å². The average molecular weight is 336 g/mol. The minimum absolute atomic E-state index is 0.0769. The van der Waals surface area contributed by atoms with E-state index in [-0.39, 0.29) is 5.12 Å². The van der Waals surface area contributed by atoms with E-state index in [0.717, 1.165) is 22.4 Å². The third-order valence-electron chi connectivity index (χ3n) is 4.51. The molecule has 1 aromatic heterocycles. The van der Waals surface area contributed by atoms with Crippen LogP contribution in [0.1, 0.15) is 51.6 Å². The lowest BCUT2D eigenvalue weighted by Crippen LogP contribution is -2.41. The number of thioether (sulfide) groups is 1. The second kappa shape index (κ2) is 6.45. The van der Waals surface area contributed by atoms with Crippen molar-refractivity contribution in [2.24, 2.45) is 0 Å². The minimum Gasteiger partial charge on any atom is -0.400 e. The first kappa shape index (κ1) is 18.3. The summed E-state index contributed by atoms with van der Waals surface area (Å²) < 4.78 is 12.3. The van der Waals surface area contributed by atoms with Crippen LogP contribution >= 0.6 is 11.8 Å². The van der Waals surface area contributed by atoms with Crippen molar-refractivity contribution in [3.05, 3.63) is 22.4 Å². The normalized spacial score (nSPS) is 20.1. The van der Waals surface area contributed by atoms with Crippen LogP contribution in [0.3, 0.4) is 0 Å². The van der Waals surface area contributed by atoms with Gasteiger partial charge in [0, 0.05) is 23.9 Å². The molecule has 1 N–H and O–H groups in total. The van der Waals surface area contributed by atoms with E-state index in [0.29, 0.717) is 5.75 Å². The van der Waals surface area contributed by atoms with Gasteiger partial charge in [-0.3, -0.25) is 9.89 Å². The fraction of sp³-hybridized carbons (Fsp3) is 0.625. The molecule has 1 aliphatic rings. The molecule has 0 bridgehead atoms. The van der Waals surface area contributed by atoms with Crippen LogP contribution in [0.4, 0.5) is 0 Å². The van der Waals surface area contributed by atoms with Crippen molar-refractivity contribution in [1.29, 1.82) is 0 Å². The monoisotopic (exact) mass is 336 g/mol. The van der Waals surface area contributed by atoms with Gasteiger partial charge in [0.1, 0.15) is 0 Å². The van der Waals surface area contributed by atoms with Crippen LogP contribution in [-0.2, 0) is 14.1 Å². The van der Waals surface area contributed by atoms with Crippen molar-refractivity contribution < 1.29 is 14.1 Å². The highest BCUT2D eigenvalue weighted by Gasteiger charge is 2.52. The summed E-state index contributed by atoms with van der Waals surface area (Å²) in [5, 5.41) is 7.28. The van der Waals surface area contributed by atoms with E-state index < -0.39 is 18.3 Å². The number of nitrogens with zero attached hydrogens (tertiary/aromatic N) is 1. The summed E-state index contributed by atoms with van der Waals surface area (Å²) in [5.74, 6) is 0.538. The Kier molecular flexibility index (Phi) is 5.13. The van der Waals surface area contributed by atoms with Gasteiger partial charge in [-0.2, -0.15) is 5.10 Å². The Bertz CT molecular complexity index is 602. The number of hydrogen-bond acceptors (Lipinski definition) is 5. The van der Waals surface area contributed by atoms with Gasteiger partial charge in [-0.15, -0.1) is 0 Å². The van der Waals surface area contributed by atoms with Gasteiger partial charge in [0.15, 0.2) is 5.12 Å². The summed E-state index contributed by atoms with van der Waals surface area (Å²) in [5.41, 5.74) is 3.07. The first-order valence-electron chi connectivity index (χ1n) is 7.74. The van der Waals surface area contributed by atoms with E-state index in [4.69, 9.17) is 9.31 Å². The topological polar surface area (TPSA) is 64.2 Å². The van der Waals surface area contributed by atoms with Crippen LogP contribution in [0.15, 0.2) is 5.47 Å². The van der Waals surface area contributed by atoms with Gasteiger partial charge in [0.05, 0.1) is 16.9 Å². The molecular formula is C16H25BN2O3S. The highest BCUT2D eigenvalue weighted by Crippen LogP contribution is 2.39. The number of aromatic amines is 1. The van der Waals surface area contributed by atoms with Crippen LogP contribution in [-0.4, -0.2) is 39.4 Å². The fourth-order valence-corrected chi connectivity index (χ4v) is 2.90. The Balaban J connectivity index is 2.34. The molecular weight excluding hydrogens is 311 g/mol. The van der Waals surface area contributed by atoms with E-state index in [9.17, 15) is 4.79 Å². The predicted octanol–water partition coefficient (Wildman–Crippen LogP) is 3.32. The van der Waals surface area contributed by atoms with Crippen LogP contribution in [0, 0.1) is 13.8 Å². The lowest BCUT2D eigenvalue weighted by molar-refractivity contribution is -0.109. The maximum Gasteiger partial charge on any atom is 0.491 e. The van der Waals surface area contributed by atoms with Crippen molar-refractivity contribution in [2.75, 3.05) is 5.75 Å². The van der Waals surface area contributed by atoms with E-state index in [1.807, 2.05) is 47.6 Å². The van der Waals surface area contributed by atoms with Crippen LogP contribution in [0.25, 0.3) is 6.08 Å². The number of carbonyl (C=O) groups excluding carboxylic acids is 1. The SMILES string of the molecule is CC(=O)SCC(=Cc1c(C)n[nH]c1C)B1OC(C)(C)C(C)(C)O1. The Morgan fingerprint density at radius 3 is 2.26 bits per heavy atom. The maximum absolute atomic E-state index is 11.4. The third-order valence-corrected chi connectivity index (χ3v) is 5.40. The summed E-state index contributed by atoms with van der Waals surface area (Å²) in [7, 11) is -0.458. The molecule has 23 heavy (non-hydrogen) atoms. The molecule has 0 aliphatic carbocycles. The van der Waals surface area contributed by atoms with E-state index in [2.05, 4.69) is 10.2 Å². The number of hydrogen-bond donors (Lipinski definition) is 1. The molecule has 0 spiro atoms. The summed E-state index contributed by atoms with van der Waals surface area (Å²) in [6, 6.07) is 0. The van der Waals surface area contributed by atoms with Crippen LogP contribution < -0.4 is 0 Å². The summed E-state index contributed by atoms with van der Waals surface area (Å²) >= 11 is 1.26. The zero-order chi connectivity index (χ0) is 17.4. The lowest BCUT2D eigenvalue weighted by atomic mass is 9.78. The molecule has 0 radical (unpaired) electrons. The molecule has 1 fully saturated rings. The van der Waals surface area contributed by atoms with E-state index in [1.54, 1.807) is 6.92 Å². The molecule has 5 nitrogen and oxygen atoms in total. The van der Waals surface area contributed by atoms with Gasteiger partial charge in [0.25, 0.3) is 0 Å². The summed E-state index contributed by atoms with van der Waals surface area (Å²) in [6.45, 7) is 13.6. The first-order chi connectivity index (χ1) is 10.5. The molecule has 1 aliphatic heterocycles. The second-order valence-electron chi connectivity index (χ2n) is 6.94. The summed E-state index contributed by atoms with van der Waals surface area (Å²) in [6.07, 6.45) is 2.03. The van der Waals surface area contributed by atoms with Crippen molar-refractivity contribution in [3.8, 4) is 0 Å². The van der Waals surface area contributed by atoms with Gasteiger partial charge in [-0.25, -0.2) is 0 Å². The highest BCUT2D eigenvalue weighted by molar-refractivity contribution is 8.13. The van der Waals surface area contributed by atoms with Gasteiger partial charge in [0.2, 0.25) is 0 Å². The fourth-order valence-electron chi connectivity index (χ4n) is 2.31. The molecule has 0 aromatic carbocycles. The molecule has 0 atom stereocenters. The molecule has 7 heteroatoms. The maximum atomic E-state index is 11.4. The molecule has 126 valence electrons. The van der Waals surface area contributed by atoms with Gasteiger partial charge >= 0.3 is 7.12 Å². The van der Waals surface area contributed by atoms with Crippen LogP contribution in [0.2, 0.25) is 0 Å². The number of H-pyrrole nitrogens is 1. The molecule has 1 aromatic rings. The second-order valence-corrected chi connectivity index (χ2v) is 8.09. The summed E-state index contributed by atoms with van der Waals surface area (Å²) in [4.78, 5) is 11.4. The Morgan fingerprint density at radius 2 is 1.83 bits per heavy atom. The molecule has 1 saturated heterocycles. The lowest BCUT2D eigenvalue weighted by Gasteiger charge is -2.32. The van der Waals surface area contributed by atoms with E-state index >= 15 is 0 Å². The van der Waals surface area contributed by atoms with Crippen molar-refractivity contribution >= 4 is 30.1 Å².